The summed E-state index contributed by atoms with van der Waals surface area (Å²) in [6.07, 6.45) is -6.95. The molecule has 0 spiro atoms. The monoisotopic (exact) mass is 568 g/mol. The lowest BCUT2D eigenvalue weighted by molar-refractivity contribution is -0.288. The molecule has 14 heteroatoms. The fraction of sp³-hybridized carbons (Fsp3) is 0.577. The van der Waals surface area contributed by atoms with Crippen molar-refractivity contribution >= 4 is 30.0 Å². The van der Waals surface area contributed by atoms with Crippen LogP contribution in [0.1, 0.15) is 33.3 Å². The van der Waals surface area contributed by atoms with Crippen LogP contribution >= 0.6 is 0 Å². The molecule has 1 aromatic rings. The molecule has 1 saturated heterocycles. The highest BCUT2D eigenvalue weighted by Crippen LogP contribution is 2.31. The summed E-state index contributed by atoms with van der Waals surface area (Å²) >= 11 is 0. The lowest BCUT2D eigenvalue weighted by Crippen LogP contribution is -2.63. The summed E-state index contributed by atoms with van der Waals surface area (Å²) in [4.78, 5) is 60.7. The number of nitrogens with zero attached hydrogens (tertiary/aromatic N) is 1. The zero-order valence-electron chi connectivity index (χ0n) is 23.4. The van der Waals surface area contributed by atoms with Crippen molar-refractivity contribution in [1.82, 2.24) is 10.2 Å². The van der Waals surface area contributed by atoms with Gasteiger partial charge in [-0.3, -0.25) is 19.2 Å². The van der Waals surface area contributed by atoms with E-state index in [-0.39, 0.29) is 19.0 Å². The number of ether oxygens (including phenoxy) is 7. The molecule has 222 valence electrons. The van der Waals surface area contributed by atoms with Crippen molar-refractivity contribution in [3.63, 3.8) is 0 Å². The molecule has 1 aliphatic heterocycles. The maximum atomic E-state index is 12.1. The molecule has 1 aromatic carbocycles. The third-order valence-corrected chi connectivity index (χ3v) is 5.49. The number of hydrogen-bond donors (Lipinski definition) is 1. The van der Waals surface area contributed by atoms with Gasteiger partial charge in [-0.25, -0.2) is 4.79 Å². The Bertz CT molecular complexity index is 1030. The zero-order valence-corrected chi connectivity index (χ0v) is 23.4. The maximum Gasteiger partial charge on any atom is 0.409 e. The topological polar surface area (TPSA) is 165 Å². The van der Waals surface area contributed by atoms with Gasteiger partial charge >= 0.3 is 30.0 Å². The average molecular weight is 569 g/mol. The average Bonchev–Trinajstić information content (AvgIpc) is 2.88. The first-order chi connectivity index (χ1) is 18.9. The van der Waals surface area contributed by atoms with Crippen LogP contribution in [0.3, 0.4) is 0 Å². The van der Waals surface area contributed by atoms with Gasteiger partial charge in [0.15, 0.2) is 12.2 Å². The number of nitrogens with one attached hydrogen (secondary N) is 1. The van der Waals surface area contributed by atoms with E-state index in [1.165, 1.54) is 11.8 Å². The van der Waals surface area contributed by atoms with E-state index in [2.05, 4.69) is 5.32 Å². The first-order valence-corrected chi connectivity index (χ1v) is 12.5. The molecule has 0 radical (unpaired) electrons. The lowest BCUT2D eigenvalue weighted by Gasteiger charge is -2.43. The van der Waals surface area contributed by atoms with Crippen LogP contribution in [0, 0.1) is 0 Å². The van der Waals surface area contributed by atoms with E-state index in [1.54, 1.807) is 38.4 Å². The highest BCUT2D eigenvalue weighted by Gasteiger charge is 2.53. The molecule has 1 N–H and O–H groups in total. The fourth-order valence-corrected chi connectivity index (χ4v) is 3.71. The Morgan fingerprint density at radius 1 is 0.825 bits per heavy atom. The molecule has 14 nitrogen and oxygen atoms in total. The van der Waals surface area contributed by atoms with Crippen molar-refractivity contribution in [2.24, 2.45) is 0 Å². The second kappa shape index (κ2) is 15.6. The van der Waals surface area contributed by atoms with Gasteiger partial charge in [-0.15, -0.1) is 0 Å². The Kier molecular flexibility index (Phi) is 12.6. The molecule has 40 heavy (non-hydrogen) atoms. The summed E-state index contributed by atoms with van der Waals surface area (Å²) in [7, 11) is 3.41. The van der Waals surface area contributed by atoms with Gasteiger partial charge in [0.1, 0.15) is 25.1 Å². The first kappa shape index (κ1) is 32.3. The summed E-state index contributed by atoms with van der Waals surface area (Å²) in [6, 6.07) is 6.45. The number of benzene rings is 1. The normalized spacial score (nSPS) is 21.9. The van der Waals surface area contributed by atoms with E-state index in [4.69, 9.17) is 33.2 Å². The van der Waals surface area contributed by atoms with Crippen LogP contribution in [0.25, 0.3) is 0 Å². The highest BCUT2D eigenvalue weighted by atomic mass is 16.7. The van der Waals surface area contributed by atoms with Gasteiger partial charge in [0.2, 0.25) is 12.4 Å². The van der Waals surface area contributed by atoms with Crippen molar-refractivity contribution in [2.45, 2.75) is 65.0 Å². The van der Waals surface area contributed by atoms with Crippen LogP contribution in [0.4, 0.5) is 4.79 Å². The molecule has 0 bridgehead atoms. The molecule has 0 unspecified atom stereocenters. The number of rotatable bonds is 12. The number of amides is 1. The Balaban J connectivity index is 2.25. The molecule has 2 rings (SSSR count). The summed E-state index contributed by atoms with van der Waals surface area (Å²) in [5.41, 5.74) is 0.671. The molecule has 1 heterocycles. The second-order valence-electron chi connectivity index (χ2n) is 8.91. The molecular weight excluding hydrogens is 532 g/mol. The van der Waals surface area contributed by atoms with Crippen LogP contribution in [-0.2, 0) is 54.2 Å². The van der Waals surface area contributed by atoms with Crippen molar-refractivity contribution in [2.75, 3.05) is 33.8 Å². The van der Waals surface area contributed by atoms with E-state index in [0.29, 0.717) is 18.7 Å². The van der Waals surface area contributed by atoms with E-state index in [0.717, 1.165) is 20.8 Å². The molecule has 0 aromatic heterocycles. The third-order valence-electron chi connectivity index (χ3n) is 5.49. The van der Waals surface area contributed by atoms with Crippen molar-refractivity contribution in [3.05, 3.63) is 29.8 Å². The summed E-state index contributed by atoms with van der Waals surface area (Å²) in [6.45, 7) is 5.34. The van der Waals surface area contributed by atoms with Crippen LogP contribution in [-0.4, -0.2) is 99.4 Å². The number of hydrogen-bond acceptors (Lipinski definition) is 13. The summed E-state index contributed by atoms with van der Waals surface area (Å²) < 4.78 is 38.3. The van der Waals surface area contributed by atoms with Gasteiger partial charge in [-0.1, -0.05) is 12.1 Å². The molecule has 0 aliphatic carbocycles. The minimum atomic E-state index is -1.36. The van der Waals surface area contributed by atoms with Crippen LogP contribution < -0.4 is 10.1 Å². The van der Waals surface area contributed by atoms with E-state index in [9.17, 15) is 24.0 Å². The number of esters is 4. The predicted octanol–water partition coefficient (Wildman–Crippen LogP) is 0.936. The van der Waals surface area contributed by atoms with E-state index < -0.39 is 60.7 Å². The van der Waals surface area contributed by atoms with Gasteiger partial charge in [-0.05, 0) is 24.7 Å². The molecule has 5 atom stereocenters. The maximum absolute atomic E-state index is 12.1. The molecule has 1 amide bonds. The molecule has 1 aliphatic rings. The molecule has 1 fully saturated rings. The number of carbonyl (C=O) groups is 5. The van der Waals surface area contributed by atoms with Crippen molar-refractivity contribution < 1.29 is 57.1 Å². The summed E-state index contributed by atoms with van der Waals surface area (Å²) in [5.74, 6) is -2.58. The van der Waals surface area contributed by atoms with Gasteiger partial charge in [0.05, 0.1) is 0 Å². The molecular formula is C26H36N2O12. The number of carbonyl (C=O) groups excluding carboxylic acids is 5. The zero-order chi connectivity index (χ0) is 29.8. The summed E-state index contributed by atoms with van der Waals surface area (Å²) in [5, 5.41) is 2.95. The van der Waals surface area contributed by atoms with Gasteiger partial charge < -0.3 is 43.4 Å². The Labute approximate surface area is 232 Å². The molecule has 0 saturated carbocycles. The van der Waals surface area contributed by atoms with Gasteiger partial charge in [0, 0.05) is 47.8 Å². The standard InChI is InChI=1S/C26H36N2O12/c1-15(29)34-14-21-22(36-16(2)30)23(37-17(3)31)24(38-18(4)32)25(40-21)39-20-9-7-19(8-10-20)13-35-26(33)28(6)12-11-27-5/h7-10,21-25,27H,11-14H2,1-6H3/t21-,22+,23+,24-,25-/m1/s1. The second-order valence-corrected chi connectivity index (χ2v) is 8.91. The SMILES string of the molecule is CNCCN(C)C(=O)OCc1ccc(O[C@@H]2O[C@H](COC(C)=O)[C@H](OC(C)=O)[C@H](OC(C)=O)[C@H]2OC(C)=O)cc1. The Morgan fingerprint density at radius 3 is 1.95 bits per heavy atom. The highest BCUT2D eigenvalue weighted by molar-refractivity contribution is 5.69. The predicted molar refractivity (Wildman–Crippen MR) is 136 cm³/mol. The first-order valence-electron chi connectivity index (χ1n) is 12.5. The van der Waals surface area contributed by atoms with Crippen molar-refractivity contribution in [1.29, 1.82) is 0 Å². The van der Waals surface area contributed by atoms with Gasteiger partial charge in [0.25, 0.3) is 0 Å². The van der Waals surface area contributed by atoms with Gasteiger partial charge in [-0.2, -0.15) is 0 Å². The fourth-order valence-electron chi connectivity index (χ4n) is 3.71. The van der Waals surface area contributed by atoms with E-state index >= 15 is 0 Å². The largest absolute Gasteiger partial charge is 0.463 e. The smallest absolute Gasteiger partial charge is 0.409 e. The Hall–Kier alpha value is -3.91. The minimum Gasteiger partial charge on any atom is -0.463 e. The van der Waals surface area contributed by atoms with Crippen LogP contribution in [0.15, 0.2) is 24.3 Å². The van der Waals surface area contributed by atoms with E-state index in [1.807, 2.05) is 0 Å². The minimum absolute atomic E-state index is 0.0159. The number of likely N-dealkylation sites (N-methyl/N-ethyl adjacent to an activating group) is 2. The Morgan fingerprint density at radius 2 is 1.40 bits per heavy atom. The van der Waals surface area contributed by atoms with Crippen LogP contribution in [0.5, 0.6) is 5.75 Å². The quantitative estimate of drug-likeness (QED) is 0.280. The lowest BCUT2D eigenvalue weighted by atomic mass is 9.98. The third kappa shape index (κ3) is 10.3. The van der Waals surface area contributed by atoms with Crippen LogP contribution in [0.2, 0.25) is 0 Å². The van der Waals surface area contributed by atoms with Crippen molar-refractivity contribution in [3.8, 4) is 5.75 Å².